The molecule has 82 valence electrons. The van der Waals surface area contributed by atoms with E-state index in [2.05, 4.69) is 5.32 Å². The Balaban J connectivity index is 2.13. The summed E-state index contributed by atoms with van der Waals surface area (Å²) in [5.41, 5.74) is 0.829. The summed E-state index contributed by atoms with van der Waals surface area (Å²) in [6, 6.07) is 5.77. The molecule has 1 N–H and O–H groups in total. The van der Waals surface area contributed by atoms with Crippen LogP contribution in [0.5, 0.6) is 0 Å². The van der Waals surface area contributed by atoms with Crippen molar-refractivity contribution in [3.8, 4) is 0 Å². The Morgan fingerprint density at radius 2 is 1.93 bits per heavy atom. The van der Waals surface area contributed by atoms with Gasteiger partial charge in [-0.3, -0.25) is 0 Å². The number of hydrogen-bond acceptors (Lipinski definition) is 1. The van der Waals surface area contributed by atoms with Crippen LogP contribution in [-0.2, 0) is 0 Å². The maximum Gasteiger partial charge on any atom is 0.123 e. The van der Waals surface area contributed by atoms with Gasteiger partial charge in [0.15, 0.2) is 0 Å². The second-order valence-corrected chi connectivity index (χ2v) is 4.29. The van der Waals surface area contributed by atoms with Gasteiger partial charge in [0.05, 0.1) is 6.04 Å². The van der Waals surface area contributed by atoms with Gasteiger partial charge >= 0.3 is 0 Å². The number of rotatable bonds is 1. The van der Waals surface area contributed by atoms with E-state index in [1.807, 2.05) is 6.92 Å². The third kappa shape index (κ3) is 2.34. The van der Waals surface area contributed by atoms with Gasteiger partial charge in [0.2, 0.25) is 0 Å². The maximum absolute atomic E-state index is 13.7. The highest BCUT2D eigenvalue weighted by Crippen LogP contribution is 2.28. The predicted molar refractivity (Wildman–Crippen MR) is 55.8 cm³/mol. The second kappa shape index (κ2) is 4.27. The molecule has 1 nitrogen and oxygen atoms in total. The smallest absolute Gasteiger partial charge is 0.123 e. The van der Waals surface area contributed by atoms with Crippen molar-refractivity contribution in [3.05, 3.63) is 35.6 Å². The topological polar surface area (TPSA) is 12.0 Å². The molecule has 1 fully saturated rings. The largest absolute Gasteiger partial charge is 0.307 e. The standard InChI is InChI=1S/C12H15F2N/c1-8-6-11(14)12(15-7-8)9-2-4-10(13)5-3-9/h2-5,8,11-12,15H,6-7H2,1H3/t8-,11?,12-/m0/s1. The van der Waals surface area contributed by atoms with Crippen molar-refractivity contribution in [2.45, 2.75) is 25.6 Å². The van der Waals surface area contributed by atoms with E-state index in [0.29, 0.717) is 12.3 Å². The molecule has 0 saturated carbocycles. The van der Waals surface area contributed by atoms with Gasteiger partial charge in [-0.15, -0.1) is 0 Å². The van der Waals surface area contributed by atoms with Gasteiger partial charge in [-0.2, -0.15) is 0 Å². The molecule has 1 saturated heterocycles. The van der Waals surface area contributed by atoms with E-state index >= 15 is 0 Å². The van der Waals surface area contributed by atoms with E-state index in [1.54, 1.807) is 12.1 Å². The first-order chi connectivity index (χ1) is 7.16. The van der Waals surface area contributed by atoms with Crippen LogP contribution in [0.1, 0.15) is 24.9 Å². The fraction of sp³-hybridized carbons (Fsp3) is 0.500. The molecule has 3 heteroatoms. The van der Waals surface area contributed by atoms with Gasteiger partial charge in [0, 0.05) is 0 Å². The third-order valence-corrected chi connectivity index (χ3v) is 2.90. The lowest BCUT2D eigenvalue weighted by Crippen LogP contribution is -2.39. The molecular weight excluding hydrogens is 196 g/mol. The summed E-state index contributed by atoms with van der Waals surface area (Å²) in [6.45, 7) is 2.85. The number of hydrogen-bond donors (Lipinski definition) is 1. The van der Waals surface area contributed by atoms with E-state index in [1.165, 1.54) is 12.1 Å². The number of halogens is 2. The minimum Gasteiger partial charge on any atom is -0.307 e. The van der Waals surface area contributed by atoms with E-state index in [4.69, 9.17) is 0 Å². The average Bonchev–Trinajstić information content (AvgIpc) is 2.20. The molecule has 1 aliphatic heterocycles. The summed E-state index contributed by atoms with van der Waals surface area (Å²) in [5, 5.41) is 3.16. The first-order valence-electron chi connectivity index (χ1n) is 5.29. The molecule has 1 unspecified atom stereocenters. The lowest BCUT2D eigenvalue weighted by atomic mass is 9.90. The molecular formula is C12H15F2N. The maximum atomic E-state index is 13.7. The number of piperidine rings is 1. The van der Waals surface area contributed by atoms with Gasteiger partial charge in [0.1, 0.15) is 12.0 Å². The second-order valence-electron chi connectivity index (χ2n) is 4.29. The Morgan fingerprint density at radius 1 is 1.27 bits per heavy atom. The molecule has 15 heavy (non-hydrogen) atoms. The van der Waals surface area contributed by atoms with Crippen LogP contribution in [0.2, 0.25) is 0 Å². The van der Waals surface area contributed by atoms with Crippen LogP contribution in [0.3, 0.4) is 0 Å². The molecule has 0 aliphatic carbocycles. The fourth-order valence-corrected chi connectivity index (χ4v) is 2.06. The van der Waals surface area contributed by atoms with Crippen molar-refractivity contribution in [2.24, 2.45) is 5.92 Å². The van der Waals surface area contributed by atoms with Crippen LogP contribution in [0.4, 0.5) is 8.78 Å². The Kier molecular flexibility index (Phi) is 3.00. The third-order valence-electron chi connectivity index (χ3n) is 2.90. The normalized spacial score (nSPS) is 31.5. The quantitative estimate of drug-likeness (QED) is 0.753. The van der Waals surface area contributed by atoms with Gasteiger partial charge in [-0.25, -0.2) is 8.78 Å². The lowest BCUT2D eigenvalue weighted by molar-refractivity contribution is 0.166. The Hall–Kier alpha value is -0.960. The van der Waals surface area contributed by atoms with E-state index < -0.39 is 6.17 Å². The number of alkyl halides is 1. The minimum atomic E-state index is -0.876. The van der Waals surface area contributed by atoms with Crippen molar-refractivity contribution < 1.29 is 8.78 Å². The van der Waals surface area contributed by atoms with Crippen molar-refractivity contribution in [1.29, 1.82) is 0 Å². The summed E-state index contributed by atoms with van der Waals surface area (Å²) in [4.78, 5) is 0. The van der Waals surface area contributed by atoms with E-state index in [0.717, 1.165) is 12.1 Å². The zero-order valence-corrected chi connectivity index (χ0v) is 8.71. The lowest BCUT2D eigenvalue weighted by Gasteiger charge is -2.31. The zero-order valence-electron chi connectivity index (χ0n) is 8.71. The molecule has 0 amide bonds. The van der Waals surface area contributed by atoms with Crippen LogP contribution in [0.15, 0.2) is 24.3 Å². The first-order valence-corrected chi connectivity index (χ1v) is 5.29. The van der Waals surface area contributed by atoms with Crippen molar-refractivity contribution in [1.82, 2.24) is 5.32 Å². The molecule has 1 aromatic carbocycles. The highest BCUT2D eigenvalue weighted by molar-refractivity contribution is 5.21. The number of nitrogens with one attached hydrogen (secondary N) is 1. The van der Waals surface area contributed by atoms with Gasteiger partial charge in [-0.05, 0) is 36.6 Å². The predicted octanol–water partition coefficient (Wildman–Crippen LogP) is 2.83. The van der Waals surface area contributed by atoms with Gasteiger partial charge in [-0.1, -0.05) is 19.1 Å². The monoisotopic (exact) mass is 211 g/mol. The summed E-state index contributed by atoms with van der Waals surface area (Å²) in [5.74, 6) is 0.0926. The fourth-order valence-electron chi connectivity index (χ4n) is 2.06. The van der Waals surface area contributed by atoms with Crippen molar-refractivity contribution in [2.75, 3.05) is 6.54 Å². The Bertz CT molecular complexity index is 323. The molecule has 3 atom stereocenters. The van der Waals surface area contributed by atoms with E-state index in [9.17, 15) is 8.78 Å². The summed E-state index contributed by atoms with van der Waals surface area (Å²) in [7, 11) is 0. The van der Waals surface area contributed by atoms with Crippen LogP contribution < -0.4 is 5.32 Å². The SMILES string of the molecule is C[C@@H]1CN[C@@H](c2ccc(F)cc2)C(F)C1. The first kappa shape index (κ1) is 10.6. The summed E-state index contributed by atoms with van der Waals surface area (Å²) >= 11 is 0. The van der Waals surface area contributed by atoms with Gasteiger partial charge < -0.3 is 5.32 Å². The van der Waals surface area contributed by atoms with Crippen molar-refractivity contribution >= 4 is 0 Å². The highest BCUT2D eigenvalue weighted by Gasteiger charge is 2.28. The number of benzene rings is 1. The summed E-state index contributed by atoms with van der Waals surface area (Å²) < 4.78 is 26.4. The molecule has 0 radical (unpaired) electrons. The van der Waals surface area contributed by atoms with Gasteiger partial charge in [0.25, 0.3) is 0 Å². The zero-order chi connectivity index (χ0) is 10.8. The van der Waals surface area contributed by atoms with Crippen molar-refractivity contribution in [3.63, 3.8) is 0 Å². The van der Waals surface area contributed by atoms with E-state index in [-0.39, 0.29) is 11.9 Å². The highest BCUT2D eigenvalue weighted by atomic mass is 19.1. The van der Waals surface area contributed by atoms with Crippen LogP contribution in [0.25, 0.3) is 0 Å². The Labute approximate surface area is 88.5 Å². The molecule has 1 aromatic rings. The van der Waals surface area contributed by atoms with Crippen LogP contribution in [-0.4, -0.2) is 12.7 Å². The molecule has 0 bridgehead atoms. The molecule has 1 heterocycles. The minimum absolute atomic E-state index is 0.276. The molecule has 0 aromatic heterocycles. The summed E-state index contributed by atoms with van der Waals surface area (Å²) in [6.07, 6.45) is -0.297. The molecule has 0 spiro atoms. The average molecular weight is 211 g/mol. The Morgan fingerprint density at radius 3 is 2.53 bits per heavy atom. The van der Waals surface area contributed by atoms with Crippen LogP contribution in [0, 0.1) is 11.7 Å². The molecule has 2 rings (SSSR count). The molecule has 1 aliphatic rings. The van der Waals surface area contributed by atoms with Crippen LogP contribution >= 0.6 is 0 Å².